The van der Waals surface area contributed by atoms with Crippen LogP contribution in [0.2, 0.25) is 4.71 Å². The number of nitrogen functional groups attached to an aromatic ring is 1. The van der Waals surface area contributed by atoms with E-state index in [2.05, 4.69) is 5.32 Å². The van der Waals surface area contributed by atoms with Gasteiger partial charge in [-0.25, -0.2) is 0 Å². The number of carbonyl (C=O) groups is 1. The molecule has 1 amide bonds. The first kappa shape index (κ1) is 22.2. The molecule has 2 aromatic carbocycles. The van der Waals surface area contributed by atoms with Crippen molar-refractivity contribution in [2.24, 2.45) is 11.7 Å². The first-order valence-electron chi connectivity index (χ1n) is 10.3. The van der Waals surface area contributed by atoms with Gasteiger partial charge in [-0.2, -0.15) is 0 Å². The molecular formula is C21H23AsN4O6S. The number of amidine groups is 1. The average molecular weight is 534 g/mol. The van der Waals surface area contributed by atoms with Crippen molar-refractivity contribution in [1.82, 2.24) is 9.13 Å². The fourth-order valence-corrected chi connectivity index (χ4v) is 10.6. The molecule has 2 saturated heterocycles. The Kier molecular flexibility index (Phi) is 5.82. The van der Waals surface area contributed by atoms with Crippen molar-refractivity contribution >= 4 is 37.6 Å². The van der Waals surface area contributed by atoms with Crippen LogP contribution in [0.1, 0.15) is 22.7 Å². The van der Waals surface area contributed by atoms with Gasteiger partial charge in [0.1, 0.15) is 0 Å². The number of hydrogen-bond acceptors (Lipinski definition) is 7. The number of benzene rings is 2. The van der Waals surface area contributed by atoms with Gasteiger partial charge in [-0.15, -0.1) is 0 Å². The fourth-order valence-electron chi connectivity index (χ4n) is 4.84. The summed E-state index contributed by atoms with van der Waals surface area (Å²) in [4.78, 5) is 13.5. The van der Waals surface area contributed by atoms with Gasteiger partial charge >= 0.3 is 197 Å². The maximum atomic E-state index is 13.6. The molecule has 33 heavy (non-hydrogen) atoms. The second kappa shape index (κ2) is 8.64. The number of hydrogen-bond donors (Lipinski definition) is 4. The second-order valence-corrected chi connectivity index (χ2v) is 13.2. The van der Waals surface area contributed by atoms with Crippen molar-refractivity contribution in [2.75, 3.05) is 12.5 Å². The van der Waals surface area contributed by atoms with Gasteiger partial charge in [0.25, 0.3) is 0 Å². The molecule has 3 heterocycles. The Bertz CT molecular complexity index is 1180. The number of ether oxygens (including phenoxy) is 2. The molecule has 174 valence electrons. The first-order chi connectivity index (χ1) is 15.8. The SMILES string of the molecule is N=C(N)c1ccc(C2NC(CS(=O)O)C3C2C(=O)N(Cc2ccc4c(c2)OCO4)[AsH]3=O)cc1. The molecule has 0 saturated carbocycles. The van der Waals surface area contributed by atoms with Gasteiger partial charge in [0.05, 0.1) is 0 Å². The van der Waals surface area contributed by atoms with Gasteiger partial charge in [-0.1, -0.05) is 0 Å². The van der Waals surface area contributed by atoms with E-state index in [0.29, 0.717) is 17.1 Å². The summed E-state index contributed by atoms with van der Waals surface area (Å²) in [7, 11) is 0. The molecule has 2 fully saturated rings. The Morgan fingerprint density at radius 3 is 2.67 bits per heavy atom. The van der Waals surface area contributed by atoms with Crippen molar-refractivity contribution in [3.8, 4) is 11.5 Å². The van der Waals surface area contributed by atoms with Crippen LogP contribution in [-0.4, -0.2) is 57.7 Å². The van der Waals surface area contributed by atoms with Gasteiger partial charge < -0.3 is 0 Å². The summed E-state index contributed by atoms with van der Waals surface area (Å²) in [6.45, 7) is 0.328. The van der Waals surface area contributed by atoms with Gasteiger partial charge in [0.15, 0.2) is 0 Å². The van der Waals surface area contributed by atoms with Gasteiger partial charge in [-0.05, 0) is 0 Å². The minimum atomic E-state index is -3.36. The van der Waals surface area contributed by atoms with Crippen LogP contribution in [0.15, 0.2) is 42.5 Å². The molecule has 5 rings (SSSR count). The zero-order valence-corrected chi connectivity index (χ0v) is 20.3. The van der Waals surface area contributed by atoms with E-state index in [1.54, 1.807) is 36.4 Å². The average Bonchev–Trinajstić information content (AvgIpc) is 3.46. The van der Waals surface area contributed by atoms with Crippen LogP contribution >= 0.6 is 0 Å². The van der Waals surface area contributed by atoms with Crippen LogP contribution in [0.4, 0.5) is 0 Å². The molecule has 0 aromatic heterocycles. The first-order valence-corrected chi connectivity index (χ1v) is 14.6. The second-order valence-electron chi connectivity index (χ2n) is 8.28. The Balaban J connectivity index is 1.45. The van der Waals surface area contributed by atoms with Crippen LogP contribution in [0.25, 0.3) is 0 Å². The predicted octanol–water partition coefficient (Wildman–Crippen LogP) is 0.614. The number of fused-ring (bicyclic) bond motifs is 2. The van der Waals surface area contributed by atoms with Crippen molar-refractivity contribution in [3.05, 3.63) is 59.2 Å². The molecule has 6 unspecified atom stereocenters. The third-order valence-electron chi connectivity index (χ3n) is 6.36. The number of nitrogens with one attached hydrogen (secondary N) is 2. The standard InChI is InChI=1S/C21H23AsN4O6S/c23-20(24)13-4-2-12(3-5-13)19-17-18(14(25-19)9-33(29)30)22(28)26(21(17)27)8-11-1-6-15-16(7-11)32-10-31-15/h1-7,14,17-19,22,25H,8-10H2,(H3,23,24)(H,29,30). The number of rotatable bonds is 6. The van der Waals surface area contributed by atoms with E-state index in [1.165, 1.54) is 3.82 Å². The summed E-state index contributed by atoms with van der Waals surface area (Å²) < 4.78 is 46.4. The minimum absolute atomic E-state index is 0.0623. The number of nitrogens with two attached hydrogens (primary N) is 1. The Hall–Kier alpha value is -2.59. The van der Waals surface area contributed by atoms with Gasteiger partial charge in [-0.3, -0.25) is 0 Å². The Labute approximate surface area is 196 Å². The van der Waals surface area contributed by atoms with Crippen molar-refractivity contribution < 1.29 is 26.8 Å². The summed E-state index contributed by atoms with van der Waals surface area (Å²) in [6, 6.07) is 11.4. The Morgan fingerprint density at radius 1 is 1.24 bits per heavy atom. The van der Waals surface area contributed by atoms with Crippen molar-refractivity contribution in [2.45, 2.75) is 23.3 Å². The van der Waals surface area contributed by atoms with Crippen molar-refractivity contribution in [1.29, 1.82) is 5.41 Å². The van der Waals surface area contributed by atoms with E-state index in [-0.39, 0.29) is 30.8 Å². The summed E-state index contributed by atoms with van der Waals surface area (Å²) in [5.74, 6) is 0.238. The zero-order chi connectivity index (χ0) is 23.3. The summed E-state index contributed by atoms with van der Waals surface area (Å²) in [5.41, 5.74) is 7.66. The van der Waals surface area contributed by atoms with E-state index in [0.717, 1.165) is 11.1 Å². The normalized spacial score (nSPS) is 28.7. The number of nitrogens with zero attached hydrogens (tertiary/aromatic N) is 1. The fraction of sp³-hybridized carbons (Fsp3) is 0.333. The molecule has 12 heteroatoms. The van der Waals surface area contributed by atoms with Crippen LogP contribution in [0.5, 0.6) is 11.5 Å². The quantitative estimate of drug-likeness (QED) is 0.182. The van der Waals surface area contributed by atoms with E-state index in [4.69, 9.17) is 20.6 Å². The number of amides is 1. The monoisotopic (exact) mass is 534 g/mol. The number of carbonyl (C=O) groups excluding carboxylic acids is 1. The Morgan fingerprint density at radius 2 is 1.97 bits per heavy atom. The van der Waals surface area contributed by atoms with Crippen LogP contribution in [0.3, 0.4) is 0 Å². The molecule has 0 radical (unpaired) electrons. The zero-order valence-electron chi connectivity index (χ0n) is 17.4. The van der Waals surface area contributed by atoms with Crippen LogP contribution < -0.4 is 20.5 Å². The molecule has 5 N–H and O–H groups in total. The summed E-state index contributed by atoms with van der Waals surface area (Å²) in [6.07, 6.45) is 0. The topological polar surface area (TPSA) is 155 Å². The van der Waals surface area contributed by atoms with Crippen LogP contribution in [-0.2, 0) is 26.2 Å². The van der Waals surface area contributed by atoms with Gasteiger partial charge in [0.2, 0.25) is 0 Å². The molecule has 0 spiro atoms. The predicted molar refractivity (Wildman–Crippen MR) is 121 cm³/mol. The third kappa shape index (κ3) is 3.99. The third-order valence-corrected chi connectivity index (χ3v) is 11.7. The van der Waals surface area contributed by atoms with E-state index in [9.17, 15) is 17.3 Å². The summed E-state index contributed by atoms with van der Waals surface area (Å²) >= 11 is -5.46. The van der Waals surface area contributed by atoms with Crippen LogP contribution in [0, 0.1) is 11.3 Å². The molecule has 0 aliphatic carbocycles. The maximum absolute atomic E-state index is 13.6. The molecule has 6 atom stereocenters. The van der Waals surface area contributed by atoms with Crippen molar-refractivity contribution in [3.63, 3.8) is 0 Å². The molecule has 3 aliphatic rings. The van der Waals surface area contributed by atoms with E-state index < -0.39 is 48.6 Å². The molecule has 2 aromatic rings. The molecule has 3 aliphatic heterocycles. The summed E-state index contributed by atoms with van der Waals surface area (Å²) in [5, 5.41) is 10.9. The molecule has 0 bridgehead atoms. The van der Waals surface area contributed by atoms with E-state index >= 15 is 0 Å². The van der Waals surface area contributed by atoms with Gasteiger partial charge in [0, 0.05) is 0 Å². The molecule has 10 nitrogen and oxygen atoms in total. The molecular weight excluding hydrogens is 511 g/mol. The van der Waals surface area contributed by atoms with E-state index in [1.807, 2.05) is 6.07 Å².